The van der Waals surface area contributed by atoms with Gasteiger partial charge in [-0.15, -0.1) is 0 Å². The van der Waals surface area contributed by atoms with E-state index in [1.54, 1.807) is 0 Å². The van der Waals surface area contributed by atoms with Crippen molar-refractivity contribution < 1.29 is 5.11 Å². The fraction of sp³-hybridized carbons (Fsp3) is 0.250. The molecule has 2 atom stereocenters. The monoisotopic (exact) mass is 304 g/mol. The van der Waals surface area contributed by atoms with Crippen LogP contribution >= 0.6 is 15.9 Å². The zero-order valence-electron chi connectivity index (χ0n) is 10.4. The Labute approximate surface area is 117 Å². The first-order valence-corrected chi connectivity index (χ1v) is 6.94. The first kappa shape index (κ1) is 13.3. The number of aliphatic hydroxyl groups excluding tert-OH is 1. The van der Waals surface area contributed by atoms with Crippen molar-refractivity contribution >= 4 is 15.9 Å². The van der Waals surface area contributed by atoms with Crippen molar-refractivity contribution in [2.24, 2.45) is 5.92 Å². The molecule has 0 bridgehead atoms. The highest BCUT2D eigenvalue weighted by molar-refractivity contribution is 9.10. The van der Waals surface area contributed by atoms with Crippen molar-refractivity contribution in [2.45, 2.75) is 19.4 Å². The Morgan fingerprint density at radius 2 is 1.61 bits per heavy atom. The summed E-state index contributed by atoms with van der Waals surface area (Å²) in [6.07, 6.45) is 0.440. The zero-order chi connectivity index (χ0) is 13.0. The highest BCUT2D eigenvalue weighted by Gasteiger charge is 2.17. The first-order chi connectivity index (χ1) is 8.68. The van der Waals surface area contributed by atoms with Gasteiger partial charge in [-0.2, -0.15) is 0 Å². The normalized spacial score (nSPS) is 14.2. The Hall–Kier alpha value is -1.12. The zero-order valence-corrected chi connectivity index (χ0v) is 12.0. The van der Waals surface area contributed by atoms with Crippen molar-refractivity contribution in [2.75, 3.05) is 0 Å². The number of rotatable bonds is 4. The molecule has 94 valence electrons. The average Bonchev–Trinajstić information content (AvgIpc) is 2.41. The summed E-state index contributed by atoms with van der Waals surface area (Å²) in [5.74, 6) is 0.186. The van der Waals surface area contributed by atoms with E-state index >= 15 is 0 Å². The highest BCUT2D eigenvalue weighted by atomic mass is 79.9. The van der Waals surface area contributed by atoms with Crippen LogP contribution in [0.3, 0.4) is 0 Å². The van der Waals surface area contributed by atoms with Gasteiger partial charge in [-0.25, -0.2) is 0 Å². The molecule has 2 unspecified atom stereocenters. The third-order valence-corrected chi connectivity index (χ3v) is 3.95. The van der Waals surface area contributed by atoms with E-state index in [0.29, 0.717) is 0 Å². The molecule has 0 aliphatic rings. The standard InChI is InChI=1S/C16H17BrO/c1-12(11-14-9-5-6-10-15(14)17)16(18)13-7-3-2-4-8-13/h2-10,12,16,18H,11H2,1H3. The minimum atomic E-state index is -0.418. The van der Waals surface area contributed by atoms with E-state index in [4.69, 9.17) is 0 Å². The van der Waals surface area contributed by atoms with Crippen LogP contribution in [0.5, 0.6) is 0 Å². The van der Waals surface area contributed by atoms with E-state index < -0.39 is 6.10 Å². The lowest BCUT2D eigenvalue weighted by Gasteiger charge is -2.19. The summed E-state index contributed by atoms with van der Waals surface area (Å²) < 4.78 is 1.11. The smallest absolute Gasteiger partial charge is 0.0818 e. The summed E-state index contributed by atoms with van der Waals surface area (Å²) in [5.41, 5.74) is 2.22. The van der Waals surface area contributed by atoms with E-state index in [-0.39, 0.29) is 5.92 Å². The minimum absolute atomic E-state index is 0.186. The Kier molecular flexibility index (Phi) is 4.56. The van der Waals surface area contributed by atoms with Crippen LogP contribution in [0.1, 0.15) is 24.2 Å². The Bertz CT molecular complexity index is 495. The molecule has 2 aromatic carbocycles. The molecule has 2 aromatic rings. The van der Waals surface area contributed by atoms with Crippen LogP contribution in [-0.4, -0.2) is 5.11 Å². The molecule has 0 saturated heterocycles. The van der Waals surface area contributed by atoms with Gasteiger partial charge in [0, 0.05) is 4.47 Å². The predicted molar refractivity (Wildman–Crippen MR) is 78.4 cm³/mol. The van der Waals surface area contributed by atoms with Crippen molar-refractivity contribution in [3.05, 3.63) is 70.2 Å². The van der Waals surface area contributed by atoms with Gasteiger partial charge in [-0.1, -0.05) is 71.4 Å². The molecule has 0 saturated carbocycles. The van der Waals surface area contributed by atoms with Crippen LogP contribution in [-0.2, 0) is 6.42 Å². The van der Waals surface area contributed by atoms with Gasteiger partial charge in [-0.05, 0) is 29.5 Å². The Morgan fingerprint density at radius 3 is 2.28 bits per heavy atom. The van der Waals surface area contributed by atoms with Crippen LogP contribution in [0.4, 0.5) is 0 Å². The van der Waals surface area contributed by atoms with Crippen LogP contribution in [0.2, 0.25) is 0 Å². The molecular formula is C16H17BrO. The van der Waals surface area contributed by atoms with Gasteiger partial charge in [-0.3, -0.25) is 0 Å². The molecule has 1 nitrogen and oxygen atoms in total. The molecule has 0 amide bonds. The van der Waals surface area contributed by atoms with Crippen molar-refractivity contribution in [3.8, 4) is 0 Å². The fourth-order valence-electron chi connectivity index (χ4n) is 2.10. The van der Waals surface area contributed by atoms with Gasteiger partial charge >= 0.3 is 0 Å². The number of aliphatic hydroxyl groups is 1. The lowest BCUT2D eigenvalue weighted by molar-refractivity contribution is 0.117. The molecule has 0 fully saturated rings. The van der Waals surface area contributed by atoms with Crippen LogP contribution in [0.15, 0.2) is 59.1 Å². The molecular weight excluding hydrogens is 288 g/mol. The summed E-state index contributed by atoms with van der Waals surface area (Å²) in [6, 6.07) is 18.0. The lowest BCUT2D eigenvalue weighted by Crippen LogP contribution is -2.12. The maximum atomic E-state index is 10.3. The van der Waals surface area contributed by atoms with E-state index in [9.17, 15) is 5.11 Å². The van der Waals surface area contributed by atoms with E-state index in [0.717, 1.165) is 16.5 Å². The molecule has 0 heterocycles. The van der Waals surface area contributed by atoms with Gasteiger partial charge in [0.25, 0.3) is 0 Å². The molecule has 0 aromatic heterocycles. The second kappa shape index (κ2) is 6.17. The van der Waals surface area contributed by atoms with Gasteiger partial charge in [0.1, 0.15) is 0 Å². The summed E-state index contributed by atoms with van der Waals surface area (Å²) >= 11 is 3.55. The van der Waals surface area contributed by atoms with E-state index in [2.05, 4.69) is 28.9 Å². The second-order valence-electron chi connectivity index (χ2n) is 4.63. The molecule has 2 rings (SSSR count). The summed E-state index contributed by atoms with van der Waals surface area (Å²) in [4.78, 5) is 0. The van der Waals surface area contributed by atoms with Crippen LogP contribution < -0.4 is 0 Å². The third kappa shape index (κ3) is 3.21. The molecule has 0 aliphatic carbocycles. The molecule has 0 spiro atoms. The number of halogens is 1. The minimum Gasteiger partial charge on any atom is -0.388 e. The SMILES string of the molecule is CC(Cc1ccccc1Br)C(O)c1ccccc1. The lowest BCUT2D eigenvalue weighted by atomic mass is 9.91. The van der Waals surface area contributed by atoms with Crippen molar-refractivity contribution in [1.82, 2.24) is 0 Å². The highest BCUT2D eigenvalue weighted by Crippen LogP contribution is 2.27. The van der Waals surface area contributed by atoms with Gasteiger partial charge in [0.15, 0.2) is 0 Å². The van der Waals surface area contributed by atoms with Crippen molar-refractivity contribution in [1.29, 1.82) is 0 Å². The molecule has 18 heavy (non-hydrogen) atoms. The second-order valence-corrected chi connectivity index (χ2v) is 5.48. The first-order valence-electron chi connectivity index (χ1n) is 6.15. The maximum Gasteiger partial charge on any atom is 0.0818 e. The summed E-state index contributed by atoms with van der Waals surface area (Å²) in [7, 11) is 0. The summed E-state index contributed by atoms with van der Waals surface area (Å²) in [5, 5.41) is 10.3. The molecule has 2 heteroatoms. The largest absolute Gasteiger partial charge is 0.388 e. The van der Waals surface area contributed by atoms with Gasteiger partial charge in [0.2, 0.25) is 0 Å². The fourth-order valence-corrected chi connectivity index (χ4v) is 2.55. The average molecular weight is 305 g/mol. The van der Waals surface area contributed by atoms with Gasteiger partial charge in [0.05, 0.1) is 6.10 Å². The van der Waals surface area contributed by atoms with Crippen molar-refractivity contribution in [3.63, 3.8) is 0 Å². The predicted octanol–water partition coefficient (Wildman–Crippen LogP) is 4.36. The quantitative estimate of drug-likeness (QED) is 0.890. The maximum absolute atomic E-state index is 10.3. The Balaban J connectivity index is 2.09. The summed E-state index contributed by atoms with van der Waals surface area (Å²) in [6.45, 7) is 2.08. The Morgan fingerprint density at radius 1 is 1.00 bits per heavy atom. The number of benzene rings is 2. The van der Waals surface area contributed by atoms with Crippen LogP contribution in [0.25, 0.3) is 0 Å². The topological polar surface area (TPSA) is 20.2 Å². The van der Waals surface area contributed by atoms with E-state index in [1.807, 2.05) is 48.5 Å². The van der Waals surface area contributed by atoms with Gasteiger partial charge < -0.3 is 5.11 Å². The van der Waals surface area contributed by atoms with E-state index in [1.165, 1.54) is 5.56 Å². The number of hydrogen-bond acceptors (Lipinski definition) is 1. The molecule has 0 aliphatic heterocycles. The number of hydrogen-bond donors (Lipinski definition) is 1. The third-order valence-electron chi connectivity index (χ3n) is 3.18. The molecule has 0 radical (unpaired) electrons. The molecule has 1 N–H and O–H groups in total. The van der Waals surface area contributed by atoms with Crippen LogP contribution in [0, 0.1) is 5.92 Å².